The summed E-state index contributed by atoms with van der Waals surface area (Å²) in [7, 11) is 0. The van der Waals surface area contributed by atoms with Crippen LogP contribution >= 0.6 is 11.3 Å². The number of hydrogen-bond acceptors (Lipinski definition) is 6. The number of carbonyl (C=O) groups excluding carboxylic acids is 1. The molecule has 140 valence electrons. The number of aromatic nitrogens is 4. The Morgan fingerprint density at radius 1 is 1.30 bits per heavy atom. The molecule has 4 rings (SSSR count). The smallest absolute Gasteiger partial charge is 0.260 e. The van der Waals surface area contributed by atoms with E-state index in [1.807, 2.05) is 53.6 Å². The quantitative estimate of drug-likeness (QED) is 0.654. The fraction of sp³-hybridized carbons (Fsp3) is 0.368. The van der Waals surface area contributed by atoms with Gasteiger partial charge in [-0.05, 0) is 48.6 Å². The zero-order valence-corrected chi connectivity index (χ0v) is 15.9. The fourth-order valence-corrected chi connectivity index (χ4v) is 3.88. The molecule has 1 fully saturated rings. The van der Waals surface area contributed by atoms with Crippen molar-refractivity contribution in [3.63, 3.8) is 0 Å². The first-order chi connectivity index (χ1) is 13.2. The molecule has 0 N–H and O–H groups in total. The van der Waals surface area contributed by atoms with Gasteiger partial charge in [-0.25, -0.2) is 0 Å². The molecule has 0 spiro atoms. The molecule has 0 radical (unpaired) electrons. The summed E-state index contributed by atoms with van der Waals surface area (Å²) < 4.78 is 5.65. The lowest BCUT2D eigenvalue weighted by Gasteiger charge is -2.24. The lowest BCUT2D eigenvalue weighted by molar-refractivity contribution is -0.134. The number of hydrogen-bond donors (Lipinski definition) is 0. The monoisotopic (exact) mass is 383 g/mol. The number of carbonyl (C=O) groups is 1. The number of rotatable bonds is 6. The van der Waals surface area contributed by atoms with Gasteiger partial charge in [0.05, 0.1) is 17.5 Å². The van der Waals surface area contributed by atoms with Crippen molar-refractivity contribution in [2.75, 3.05) is 13.2 Å². The second-order valence-corrected chi connectivity index (χ2v) is 7.58. The second kappa shape index (κ2) is 7.87. The highest BCUT2D eigenvalue weighted by Gasteiger charge is 2.30. The molecule has 0 saturated carbocycles. The van der Waals surface area contributed by atoms with E-state index in [2.05, 4.69) is 15.4 Å². The van der Waals surface area contributed by atoms with E-state index in [9.17, 15) is 4.79 Å². The van der Waals surface area contributed by atoms with Crippen molar-refractivity contribution in [3.05, 3.63) is 47.3 Å². The fourth-order valence-electron chi connectivity index (χ4n) is 3.23. The summed E-state index contributed by atoms with van der Waals surface area (Å²) in [5.41, 5.74) is 1.16. The molecule has 7 nitrogen and oxygen atoms in total. The third kappa shape index (κ3) is 4.16. The molecule has 2 aromatic heterocycles. The standard InChI is InChI=1S/C19H21N5O2S/c1-14-6-8-16(9-7-14)26-13-18(25)23-10-2-4-15(23)12-24-21-19(20-22-24)17-5-3-11-27-17/h3,5-9,11,15H,2,4,10,12-13H2,1H3/t15-/m0/s1. The van der Waals surface area contributed by atoms with Crippen LogP contribution < -0.4 is 4.74 Å². The predicted octanol–water partition coefficient (Wildman–Crippen LogP) is 2.78. The van der Waals surface area contributed by atoms with E-state index in [0.29, 0.717) is 18.1 Å². The second-order valence-electron chi connectivity index (χ2n) is 6.63. The summed E-state index contributed by atoms with van der Waals surface area (Å²) in [6, 6.07) is 11.7. The molecule has 1 saturated heterocycles. The molecule has 27 heavy (non-hydrogen) atoms. The SMILES string of the molecule is Cc1ccc(OCC(=O)N2CCC[C@H]2Cn2nnc(-c3cccs3)n2)cc1. The highest BCUT2D eigenvalue weighted by molar-refractivity contribution is 7.13. The van der Waals surface area contributed by atoms with Gasteiger partial charge < -0.3 is 9.64 Å². The van der Waals surface area contributed by atoms with Gasteiger partial charge in [0, 0.05) is 6.54 Å². The van der Waals surface area contributed by atoms with Crippen LogP contribution in [-0.4, -0.2) is 50.2 Å². The van der Waals surface area contributed by atoms with Gasteiger partial charge in [-0.15, -0.1) is 21.5 Å². The minimum absolute atomic E-state index is 0.00308. The van der Waals surface area contributed by atoms with Gasteiger partial charge in [-0.3, -0.25) is 4.79 Å². The number of thiophene rings is 1. The van der Waals surface area contributed by atoms with E-state index in [0.717, 1.165) is 29.8 Å². The molecule has 1 aliphatic rings. The maximum absolute atomic E-state index is 12.6. The first-order valence-corrected chi connectivity index (χ1v) is 9.87. The lowest BCUT2D eigenvalue weighted by Crippen LogP contribution is -2.41. The van der Waals surface area contributed by atoms with Gasteiger partial charge in [-0.1, -0.05) is 23.8 Å². The van der Waals surface area contributed by atoms with Crippen molar-refractivity contribution < 1.29 is 9.53 Å². The Kier molecular flexibility index (Phi) is 5.15. The minimum atomic E-state index is -0.00308. The molecule has 0 bridgehead atoms. The average Bonchev–Trinajstić information content (AvgIpc) is 3.43. The highest BCUT2D eigenvalue weighted by atomic mass is 32.1. The third-order valence-electron chi connectivity index (χ3n) is 4.65. The number of amides is 1. The Hall–Kier alpha value is -2.74. The molecule has 0 unspecified atom stereocenters. The lowest BCUT2D eigenvalue weighted by atomic mass is 10.2. The molecule has 0 aliphatic carbocycles. The van der Waals surface area contributed by atoms with Gasteiger partial charge in [0.1, 0.15) is 5.75 Å². The normalized spacial score (nSPS) is 16.6. The molecular formula is C19H21N5O2S. The number of tetrazole rings is 1. The van der Waals surface area contributed by atoms with Crippen molar-refractivity contribution in [1.29, 1.82) is 0 Å². The highest BCUT2D eigenvalue weighted by Crippen LogP contribution is 2.22. The Labute approximate surface area is 161 Å². The van der Waals surface area contributed by atoms with Crippen LogP contribution in [0.2, 0.25) is 0 Å². The molecule has 3 aromatic rings. The summed E-state index contributed by atoms with van der Waals surface area (Å²) in [6.45, 7) is 3.36. The third-order valence-corrected chi connectivity index (χ3v) is 5.52. The molecule has 1 aliphatic heterocycles. The van der Waals surface area contributed by atoms with E-state index < -0.39 is 0 Å². The van der Waals surface area contributed by atoms with Crippen LogP contribution in [0, 0.1) is 6.92 Å². The van der Waals surface area contributed by atoms with Crippen LogP contribution in [0.3, 0.4) is 0 Å². The molecule has 1 aromatic carbocycles. The van der Waals surface area contributed by atoms with Crippen LogP contribution in [-0.2, 0) is 11.3 Å². The summed E-state index contributed by atoms with van der Waals surface area (Å²) in [6.07, 6.45) is 1.92. The molecule has 3 heterocycles. The van der Waals surface area contributed by atoms with Crippen LogP contribution in [0.1, 0.15) is 18.4 Å². The van der Waals surface area contributed by atoms with Gasteiger partial charge in [0.2, 0.25) is 5.82 Å². The van der Waals surface area contributed by atoms with Gasteiger partial charge in [0.15, 0.2) is 6.61 Å². The number of benzene rings is 1. The van der Waals surface area contributed by atoms with Gasteiger partial charge >= 0.3 is 0 Å². The zero-order valence-electron chi connectivity index (χ0n) is 15.1. The number of ether oxygens (including phenoxy) is 1. The number of nitrogens with zero attached hydrogens (tertiary/aromatic N) is 5. The first-order valence-electron chi connectivity index (χ1n) is 8.99. The van der Waals surface area contributed by atoms with E-state index in [-0.39, 0.29) is 18.6 Å². The molecular weight excluding hydrogens is 362 g/mol. The van der Waals surface area contributed by atoms with Crippen molar-refractivity contribution in [2.45, 2.75) is 32.4 Å². The average molecular weight is 383 g/mol. The van der Waals surface area contributed by atoms with Crippen LogP contribution in [0.5, 0.6) is 5.75 Å². The Bertz CT molecular complexity index is 891. The Morgan fingerprint density at radius 3 is 2.93 bits per heavy atom. The van der Waals surface area contributed by atoms with Crippen LogP contribution in [0.15, 0.2) is 41.8 Å². The van der Waals surface area contributed by atoms with Crippen molar-refractivity contribution in [3.8, 4) is 16.5 Å². The molecule has 1 atom stereocenters. The maximum Gasteiger partial charge on any atom is 0.260 e. The van der Waals surface area contributed by atoms with Crippen molar-refractivity contribution in [1.82, 2.24) is 25.1 Å². The summed E-state index contributed by atoms with van der Waals surface area (Å²) in [5, 5.41) is 14.7. The Balaban J connectivity index is 1.35. The zero-order chi connectivity index (χ0) is 18.6. The molecule has 8 heteroatoms. The summed E-state index contributed by atoms with van der Waals surface area (Å²) in [4.78, 5) is 17.1. The molecule has 1 amide bonds. The van der Waals surface area contributed by atoms with Crippen LogP contribution in [0.25, 0.3) is 10.7 Å². The van der Waals surface area contributed by atoms with Crippen molar-refractivity contribution >= 4 is 17.2 Å². The van der Waals surface area contributed by atoms with E-state index in [4.69, 9.17) is 4.74 Å². The predicted molar refractivity (Wildman–Crippen MR) is 103 cm³/mol. The van der Waals surface area contributed by atoms with E-state index in [1.54, 1.807) is 16.1 Å². The van der Waals surface area contributed by atoms with Crippen molar-refractivity contribution in [2.24, 2.45) is 0 Å². The topological polar surface area (TPSA) is 73.1 Å². The van der Waals surface area contributed by atoms with E-state index in [1.165, 1.54) is 0 Å². The number of aryl methyl sites for hydroxylation is 1. The summed E-state index contributed by atoms with van der Waals surface area (Å²) in [5.74, 6) is 1.34. The Morgan fingerprint density at radius 2 is 2.15 bits per heavy atom. The van der Waals surface area contributed by atoms with E-state index >= 15 is 0 Å². The van der Waals surface area contributed by atoms with Crippen LogP contribution in [0.4, 0.5) is 0 Å². The first kappa shape index (κ1) is 17.7. The minimum Gasteiger partial charge on any atom is -0.484 e. The largest absolute Gasteiger partial charge is 0.484 e. The van der Waals surface area contributed by atoms with Gasteiger partial charge in [0.25, 0.3) is 5.91 Å². The number of likely N-dealkylation sites (tertiary alicyclic amines) is 1. The maximum atomic E-state index is 12.6. The van der Waals surface area contributed by atoms with Gasteiger partial charge in [-0.2, -0.15) is 4.80 Å². The summed E-state index contributed by atoms with van der Waals surface area (Å²) >= 11 is 1.58.